The maximum Gasteiger partial charge on any atom is 0.122 e. The van der Waals surface area contributed by atoms with E-state index in [0.29, 0.717) is 6.04 Å². The Hall–Kier alpha value is -2.00. The molecule has 3 rings (SSSR count). The van der Waals surface area contributed by atoms with Crippen LogP contribution in [0.2, 0.25) is 0 Å². The van der Waals surface area contributed by atoms with Gasteiger partial charge in [0.05, 0.1) is 7.11 Å². The van der Waals surface area contributed by atoms with Crippen LogP contribution < -0.4 is 14.8 Å². The van der Waals surface area contributed by atoms with Crippen molar-refractivity contribution >= 4 is 0 Å². The Morgan fingerprint density at radius 2 is 1.61 bits per heavy atom. The quantitative estimate of drug-likeness (QED) is 0.847. The molecule has 1 atom stereocenters. The Kier molecular flexibility index (Phi) is 5.54. The van der Waals surface area contributed by atoms with E-state index < -0.39 is 0 Å². The second-order valence-electron chi connectivity index (χ2n) is 6.02. The summed E-state index contributed by atoms with van der Waals surface area (Å²) in [5.41, 5.74) is 2.50. The van der Waals surface area contributed by atoms with Gasteiger partial charge in [0.2, 0.25) is 0 Å². The summed E-state index contributed by atoms with van der Waals surface area (Å²) in [5, 5.41) is 3.48. The predicted octanol–water partition coefficient (Wildman–Crippen LogP) is 3.61. The number of methoxy groups -OCH3 is 1. The molecule has 2 aromatic carbocycles. The zero-order valence-corrected chi connectivity index (χ0v) is 13.8. The number of benzene rings is 2. The number of hydrogen-bond donors (Lipinski definition) is 1. The third kappa shape index (κ3) is 4.26. The van der Waals surface area contributed by atoms with Crippen LogP contribution in [0.3, 0.4) is 0 Å². The minimum absolute atomic E-state index is 0.497. The standard InChI is InChI=1S/C20H25NO2/c1-22-19-10-4-2-7-16(19)12-13-17-8-3-5-11-20(17)23-15-18-9-6-14-21-18/h2-5,7-8,10-11,18,21H,6,9,12-15H2,1H3/t18-/m1/s1. The molecule has 0 radical (unpaired) electrons. The van der Waals surface area contributed by atoms with Crippen molar-refractivity contribution in [2.45, 2.75) is 31.7 Å². The van der Waals surface area contributed by atoms with Gasteiger partial charge in [-0.15, -0.1) is 0 Å². The number of nitrogens with one attached hydrogen (secondary N) is 1. The maximum atomic E-state index is 6.07. The van der Waals surface area contributed by atoms with Crippen molar-refractivity contribution < 1.29 is 9.47 Å². The number of aryl methyl sites for hydroxylation is 2. The Morgan fingerprint density at radius 3 is 2.26 bits per heavy atom. The Balaban J connectivity index is 1.63. The lowest BCUT2D eigenvalue weighted by Crippen LogP contribution is -2.28. The molecule has 23 heavy (non-hydrogen) atoms. The minimum atomic E-state index is 0.497. The lowest BCUT2D eigenvalue weighted by atomic mass is 10.0. The Labute approximate surface area is 138 Å². The minimum Gasteiger partial charge on any atom is -0.496 e. The lowest BCUT2D eigenvalue weighted by Gasteiger charge is -2.15. The molecule has 3 heteroatoms. The van der Waals surface area contributed by atoms with Crippen molar-refractivity contribution in [3.05, 3.63) is 59.7 Å². The van der Waals surface area contributed by atoms with E-state index in [1.165, 1.54) is 24.0 Å². The van der Waals surface area contributed by atoms with E-state index in [4.69, 9.17) is 9.47 Å². The van der Waals surface area contributed by atoms with E-state index in [1.807, 2.05) is 18.2 Å². The summed E-state index contributed by atoms with van der Waals surface area (Å²) in [6.07, 6.45) is 4.37. The van der Waals surface area contributed by atoms with Gasteiger partial charge in [0, 0.05) is 6.04 Å². The van der Waals surface area contributed by atoms with Gasteiger partial charge in [-0.3, -0.25) is 0 Å². The van der Waals surface area contributed by atoms with Gasteiger partial charge in [-0.25, -0.2) is 0 Å². The highest BCUT2D eigenvalue weighted by Gasteiger charge is 2.15. The average molecular weight is 311 g/mol. The molecule has 1 saturated heterocycles. The molecule has 0 bridgehead atoms. The van der Waals surface area contributed by atoms with Crippen molar-refractivity contribution in [3.8, 4) is 11.5 Å². The Morgan fingerprint density at radius 1 is 0.957 bits per heavy atom. The fourth-order valence-electron chi connectivity index (χ4n) is 3.12. The summed E-state index contributed by atoms with van der Waals surface area (Å²) in [6, 6.07) is 17.1. The largest absolute Gasteiger partial charge is 0.496 e. The highest BCUT2D eigenvalue weighted by molar-refractivity contribution is 5.37. The molecule has 1 aliphatic rings. The molecule has 0 saturated carbocycles. The van der Waals surface area contributed by atoms with Crippen LogP contribution >= 0.6 is 0 Å². The number of ether oxygens (including phenoxy) is 2. The SMILES string of the molecule is COc1ccccc1CCc1ccccc1OC[C@H]1CCCN1. The molecule has 1 aliphatic heterocycles. The van der Waals surface area contributed by atoms with Gasteiger partial charge in [0.25, 0.3) is 0 Å². The maximum absolute atomic E-state index is 6.07. The molecule has 0 aromatic heterocycles. The first kappa shape index (κ1) is 15.9. The first-order chi connectivity index (χ1) is 11.4. The monoisotopic (exact) mass is 311 g/mol. The molecule has 3 nitrogen and oxygen atoms in total. The third-order valence-electron chi connectivity index (χ3n) is 4.43. The molecular formula is C20H25NO2. The summed E-state index contributed by atoms with van der Waals surface area (Å²) in [7, 11) is 1.73. The predicted molar refractivity (Wildman–Crippen MR) is 93.4 cm³/mol. The fourth-order valence-corrected chi connectivity index (χ4v) is 3.12. The normalized spacial score (nSPS) is 17.2. The summed E-state index contributed by atoms with van der Waals surface area (Å²) >= 11 is 0. The number of rotatable bonds is 7. The van der Waals surface area contributed by atoms with Crippen molar-refractivity contribution in [1.29, 1.82) is 0 Å². The summed E-state index contributed by atoms with van der Waals surface area (Å²) < 4.78 is 11.5. The molecule has 0 aliphatic carbocycles. The highest BCUT2D eigenvalue weighted by Crippen LogP contribution is 2.24. The molecule has 0 spiro atoms. The smallest absolute Gasteiger partial charge is 0.122 e. The van der Waals surface area contributed by atoms with Crippen LogP contribution in [-0.4, -0.2) is 26.3 Å². The second kappa shape index (κ2) is 8.02. The highest BCUT2D eigenvalue weighted by atomic mass is 16.5. The second-order valence-corrected chi connectivity index (χ2v) is 6.02. The zero-order valence-electron chi connectivity index (χ0n) is 13.8. The van der Waals surface area contributed by atoms with Crippen molar-refractivity contribution in [3.63, 3.8) is 0 Å². The van der Waals surface area contributed by atoms with E-state index in [9.17, 15) is 0 Å². The van der Waals surface area contributed by atoms with Crippen LogP contribution in [-0.2, 0) is 12.8 Å². The molecule has 0 amide bonds. The Bertz CT molecular complexity index is 621. The molecule has 2 aromatic rings. The summed E-state index contributed by atoms with van der Waals surface area (Å²) in [4.78, 5) is 0. The van der Waals surface area contributed by atoms with Gasteiger partial charge in [-0.1, -0.05) is 36.4 Å². The van der Waals surface area contributed by atoms with E-state index in [2.05, 4.69) is 35.6 Å². The van der Waals surface area contributed by atoms with Crippen LogP contribution in [0.1, 0.15) is 24.0 Å². The van der Waals surface area contributed by atoms with Crippen molar-refractivity contribution in [2.75, 3.05) is 20.3 Å². The average Bonchev–Trinajstić information content (AvgIpc) is 3.12. The first-order valence-corrected chi connectivity index (χ1v) is 8.43. The van der Waals surface area contributed by atoms with Crippen molar-refractivity contribution in [2.24, 2.45) is 0 Å². The van der Waals surface area contributed by atoms with Crippen LogP contribution in [0.4, 0.5) is 0 Å². The van der Waals surface area contributed by atoms with Crippen LogP contribution in [0.5, 0.6) is 11.5 Å². The molecule has 1 fully saturated rings. The van der Waals surface area contributed by atoms with Gasteiger partial charge in [0.15, 0.2) is 0 Å². The number of hydrogen-bond acceptors (Lipinski definition) is 3. The molecule has 1 N–H and O–H groups in total. The topological polar surface area (TPSA) is 30.5 Å². The van der Waals surface area contributed by atoms with E-state index in [1.54, 1.807) is 7.11 Å². The number of para-hydroxylation sites is 2. The zero-order chi connectivity index (χ0) is 15.9. The van der Waals surface area contributed by atoms with E-state index in [0.717, 1.165) is 37.5 Å². The van der Waals surface area contributed by atoms with Crippen LogP contribution in [0.15, 0.2) is 48.5 Å². The fraction of sp³-hybridized carbons (Fsp3) is 0.400. The lowest BCUT2D eigenvalue weighted by molar-refractivity contribution is 0.274. The van der Waals surface area contributed by atoms with Gasteiger partial charge < -0.3 is 14.8 Å². The van der Waals surface area contributed by atoms with Crippen LogP contribution in [0.25, 0.3) is 0 Å². The van der Waals surface area contributed by atoms with E-state index in [-0.39, 0.29) is 0 Å². The van der Waals surface area contributed by atoms with E-state index >= 15 is 0 Å². The van der Waals surface area contributed by atoms with Gasteiger partial charge in [-0.05, 0) is 55.5 Å². The van der Waals surface area contributed by atoms with Crippen LogP contribution in [0, 0.1) is 0 Å². The van der Waals surface area contributed by atoms with Gasteiger partial charge in [0.1, 0.15) is 18.1 Å². The third-order valence-corrected chi connectivity index (χ3v) is 4.43. The molecule has 0 unspecified atom stereocenters. The first-order valence-electron chi connectivity index (χ1n) is 8.43. The molecule has 1 heterocycles. The van der Waals surface area contributed by atoms with Crippen molar-refractivity contribution in [1.82, 2.24) is 5.32 Å². The molecular weight excluding hydrogens is 286 g/mol. The summed E-state index contributed by atoms with van der Waals surface area (Å²) in [5.74, 6) is 1.97. The van der Waals surface area contributed by atoms with Gasteiger partial charge in [-0.2, -0.15) is 0 Å². The molecule has 122 valence electrons. The van der Waals surface area contributed by atoms with Gasteiger partial charge >= 0.3 is 0 Å². The summed E-state index contributed by atoms with van der Waals surface area (Å²) in [6.45, 7) is 1.87.